The first-order valence-corrected chi connectivity index (χ1v) is 3.94. The summed E-state index contributed by atoms with van der Waals surface area (Å²) in [6, 6.07) is 0. The SMILES string of the molecule is OCCSC/C=C/Cl. The predicted molar refractivity (Wildman–Crippen MR) is 39.4 cm³/mol. The lowest BCUT2D eigenvalue weighted by Crippen LogP contribution is -1.85. The van der Waals surface area contributed by atoms with Crippen molar-refractivity contribution in [3.05, 3.63) is 11.6 Å². The summed E-state index contributed by atoms with van der Waals surface area (Å²) in [5, 5.41) is 8.29. The van der Waals surface area contributed by atoms with Crippen LogP contribution in [-0.4, -0.2) is 23.2 Å². The Labute approximate surface area is 58.7 Å². The van der Waals surface area contributed by atoms with E-state index in [9.17, 15) is 0 Å². The van der Waals surface area contributed by atoms with Crippen molar-refractivity contribution in [2.45, 2.75) is 0 Å². The molecule has 0 unspecified atom stereocenters. The molecule has 0 amide bonds. The van der Waals surface area contributed by atoms with Crippen LogP contribution in [0.1, 0.15) is 0 Å². The fourth-order valence-electron chi connectivity index (χ4n) is 0.252. The second-order valence-electron chi connectivity index (χ2n) is 1.16. The summed E-state index contributed by atoms with van der Waals surface area (Å²) in [5.41, 5.74) is 1.49. The molecule has 0 fully saturated rings. The van der Waals surface area contributed by atoms with Crippen LogP contribution in [0, 0.1) is 0 Å². The van der Waals surface area contributed by atoms with E-state index in [1.807, 2.05) is 6.08 Å². The lowest BCUT2D eigenvalue weighted by molar-refractivity contribution is 0.322. The Morgan fingerprint density at radius 3 is 2.88 bits per heavy atom. The maximum atomic E-state index is 8.29. The molecule has 0 radical (unpaired) electrons. The molecule has 0 heterocycles. The third kappa shape index (κ3) is 6.34. The number of aliphatic hydroxyl groups excluding tert-OH is 1. The largest absolute Gasteiger partial charge is 0.396 e. The summed E-state index contributed by atoms with van der Waals surface area (Å²) in [7, 11) is 0. The van der Waals surface area contributed by atoms with E-state index in [1.165, 1.54) is 5.54 Å². The van der Waals surface area contributed by atoms with Crippen LogP contribution in [0.2, 0.25) is 0 Å². The van der Waals surface area contributed by atoms with E-state index in [0.717, 1.165) is 11.5 Å². The number of halogens is 1. The number of hydrogen-bond donors (Lipinski definition) is 1. The Balaban J connectivity index is 2.72. The smallest absolute Gasteiger partial charge is 0.0521 e. The van der Waals surface area contributed by atoms with Gasteiger partial charge < -0.3 is 5.11 Å². The summed E-state index contributed by atoms with van der Waals surface area (Å²) < 4.78 is 0. The zero-order valence-electron chi connectivity index (χ0n) is 4.51. The van der Waals surface area contributed by atoms with Crippen molar-refractivity contribution in [3.8, 4) is 0 Å². The molecular weight excluding hydrogens is 144 g/mol. The average Bonchev–Trinajstić information content (AvgIpc) is 1.81. The van der Waals surface area contributed by atoms with Crippen LogP contribution in [0.25, 0.3) is 0 Å². The summed E-state index contributed by atoms with van der Waals surface area (Å²) in [5.74, 6) is 1.69. The van der Waals surface area contributed by atoms with Crippen LogP contribution in [0.15, 0.2) is 11.6 Å². The van der Waals surface area contributed by atoms with Gasteiger partial charge in [-0.3, -0.25) is 0 Å². The quantitative estimate of drug-likeness (QED) is 0.616. The Morgan fingerprint density at radius 2 is 2.38 bits per heavy atom. The molecule has 0 aliphatic carbocycles. The lowest BCUT2D eigenvalue weighted by Gasteiger charge is -1.88. The number of rotatable bonds is 4. The van der Waals surface area contributed by atoms with Gasteiger partial charge >= 0.3 is 0 Å². The molecule has 0 atom stereocenters. The van der Waals surface area contributed by atoms with E-state index < -0.39 is 0 Å². The molecule has 3 heteroatoms. The topological polar surface area (TPSA) is 20.2 Å². The third-order valence-electron chi connectivity index (χ3n) is 0.539. The summed E-state index contributed by atoms with van der Waals surface area (Å²) >= 11 is 6.88. The van der Waals surface area contributed by atoms with Crippen LogP contribution in [0.4, 0.5) is 0 Å². The highest BCUT2D eigenvalue weighted by atomic mass is 35.5. The van der Waals surface area contributed by atoms with Gasteiger partial charge in [0, 0.05) is 17.0 Å². The summed E-state index contributed by atoms with van der Waals surface area (Å²) in [6.07, 6.45) is 1.85. The summed E-state index contributed by atoms with van der Waals surface area (Å²) in [4.78, 5) is 0. The van der Waals surface area contributed by atoms with Gasteiger partial charge in [-0.2, -0.15) is 11.8 Å². The molecule has 0 saturated heterocycles. The minimum Gasteiger partial charge on any atom is -0.396 e. The molecule has 0 aromatic carbocycles. The van der Waals surface area contributed by atoms with Gasteiger partial charge in [-0.1, -0.05) is 17.7 Å². The first kappa shape index (κ1) is 8.34. The highest BCUT2D eigenvalue weighted by Gasteiger charge is 1.79. The van der Waals surface area contributed by atoms with Gasteiger partial charge in [0.2, 0.25) is 0 Å². The Hall–Kier alpha value is 0.340. The van der Waals surface area contributed by atoms with E-state index in [0.29, 0.717) is 0 Å². The minimum absolute atomic E-state index is 0.251. The molecule has 8 heavy (non-hydrogen) atoms. The molecular formula is C5H9ClOS. The van der Waals surface area contributed by atoms with Crippen molar-refractivity contribution in [1.29, 1.82) is 0 Å². The highest BCUT2D eigenvalue weighted by molar-refractivity contribution is 7.99. The Morgan fingerprint density at radius 1 is 1.62 bits per heavy atom. The Bertz CT molecular complexity index is 65.4. The van der Waals surface area contributed by atoms with Gasteiger partial charge in [0.1, 0.15) is 0 Å². The van der Waals surface area contributed by atoms with Gasteiger partial charge in [-0.05, 0) is 0 Å². The molecule has 0 saturated carbocycles. The van der Waals surface area contributed by atoms with Gasteiger partial charge in [0.05, 0.1) is 6.61 Å². The standard InChI is InChI=1S/C5H9ClOS/c6-2-1-4-8-5-3-7/h1-2,7H,3-5H2/b2-1+. The van der Waals surface area contributed by atoms with Crippen molar-refractivity contribution in [2.75, 3.05) is 18.1 Å². The van der Waals surface area contributed by atoms with E-state index in [-0.39, 0.29) is 6.61 Å². The second kappa shape index (κ2) is 7.34. The van der Waals surface area contributed by atoms with Gasteiger partial charge in [-0.15, -0.1) is 0 Å². The first-order valence-electron chi connectivity index (χ1n) is 2.35. The van der Waals surface area contributed by atoms with Crippen LogP contribution < -0.4 is 0 Å². The zero-order chi connectivity index (χ0) is 6.24. The maximum Gasteiger partial charge on any atom is 0.0521 e. The molecule has 0 rings (SSSR count). The molecule has 0 aromatic heterocycles. The van der Waals surface area contributed by atoms with Crippen LogP contribution in [0.3, 0.4) is 0 Å². The van der Waals surface area contributed by atoms with Crippen molar-refractivity contribution in [2.24, 2.45) is 0 Å². The van der Waals surface area contributed by atoms with Crippen molar-refractivity contribution in [1.82, 2.24) is 0 Å². The molecule has 0 aliphatic heterocycles. The average molecular weight is 153 g/mol. The maximum absolute atomic E-state index is 8.29. The number of aliphatic hydroxyl groups is 1. The number of thioether (sulfide) groups is 1. The lowest BCUT2D eigenvalue weighted by atomic mass is 10.8. The second-order valence-corrected chi connectivity index (χ2v) is 2.56. The summed E-state index contributed by atoms with van der Waals surface area (Å²) in [6.45, 7) is 0.251. The normalized spacial score (nSPS) is 10.8. The molecule has 0 aliphatic rings. The molecule has 1 N–H and O–H groups in total. The number of hydrogen-bond acceptors (Lipinski definition) is 2. The monoisotopic (exact) mass is 152 g/mol. The third-order valence-corrected chi connectivity index (χ3v) is 1.62. The predicted octanol–water partition coefficient (Wildman–Crippen LogP) is 1.46. The van der Waals surface area contributed by atoms with Gasteiger partial charge in [0.15, 0.2) is 0 Å². The van der Waals surface area contributed by atoms with E-state index in [2.05, 4.69) is 0 Å². The molecule has 1 nitrogen and oxygen atoms in total. The van der Waals surface area contributed by atoms with Crippen LogP contribution in [-0.2, 0) is 0 Å². The van der Waals surface area contributed by atoms with Crippen molar-refractivity contribution in [3.63, 3.8) is 0 Å². The van der Waals surface area contributed by atoms with E-state index in [1.54, 1.807) is 11.8 Å². The Kier molecular flexibility index (Phi) is 7.65. The van der Waals surface area contributed by atoms with Gasteiger partial charge in [-0.25, -0.2) is 0 Å². The van der Waals surface area contributed by atoms with Crippen LogP contribution in [0.5, 0.6) is 0 Å². The van der Waals surface area contributed by atoms with Crippen LogP contribution >= 0.6 is 23.4 Å². The van der Waals surface area contributed by atoms with Crippen molar-refractivity contribution >= 4 is 23.4 Å². The minimum atomic E-state index is 0.251. The van der Waals surface area contributed by atoms with Crippen molar-refractivity contribution < 1.29 is 5.11 Å². The van der Waals surface area contributed by atoms with E-state index in [4.69, 9.17) is 16.7 Å². The molecule has 48 valence electrons. The van der Waals surface area contributed by atoms with E-state index >= 15 is 0 Å². The fraction of sp³-hybridized carbons (Fsp3) is 0.600. The fourth-order valence-corrected chi connectivity index (χ4v) is 0.975. The highest BCUT2D eigenvalue weighted by Crippen LogP contribution is 1.98. The molecule has 0 aromatic rings. The molecule has 0 spiro atoms. The first-order chi connectivity index (χ1) is 3.91. The zero-order valence-corrected chi connectivity index (χ0v) is 6.08. The van der Waals surface area contributed by atoms with Gasteiger partial charge in [0.25, 0.3) is 0 Å². The molecule has 0 bridgehead atoms.